The molecule has 1 fully saturated rings. The van der Waals surface area contributed by atoms with Crippen molar-refractivity contribution in [1.82, 2.24) is 15.1 Å². The molecule has 3 aliphatic heterocycles. The number of phenols is 2. The van der Waals surface area contributed by atoms with Crippen LogP contribution in [0.2, 0.25) is 0 Å². The Hall–Kier alpha value is -4.18. The van der Waals surface area contributed by atoms with Gasteiger partial charge in [0.25, 0.3) is 5.91 Å². The zero-order valence-corrected chi connectivity index (χ0v) is 29.1. The highest BCUT2D eigenvalue weighted by atomic mass is 79.9. The van der Waals surface area contributed by atoms with Gasteiger partial charge < -0.3 is 34.5 Å². The van der Waals surface area contributed by atoms with Crippen molar-refractivity contribution < 1.29 is 34.0 Å². The number of likely N-dealkylation sites (N-methyl/N-ethyl adjacent to an activating group) is 1. The molecule has 1 saturated heterocycles. The van der Waals surface area contributed by atoms with Crippen LogP contribution in [0.1, 0.15) is 55.8 Å². The molecule has 0 radical (unpaired) electrons. The zero-order valence-electron chi connectivity index (χ0n) is 27.5. The summed E-state index contributed by atoms with van der Waals surface area (Å²) in [5.74, 6) is 1.51. The van der Waals surface area contributed by atoms with Crippen molar-refractivity contribution in [2.75, 3.05) is 42.0 Å². The molecule has 3 heterocycles. The van der Waals surface area contributed by atoms with Gasteiger partial charge in [-0.05, 0) is 58.0 Å². The molecule has 3 N–H and O–H groups in total. The third-order valence-electron chi connectivity index (χ3n) is 10.2. The maximum Gasteiger partial charge on any atom is 0.251 e. The molecule has 5 atom stereocenters. The first-order valence-corrected chi connectivity index (χ1v) is 16.2. The van der Waals surface area contributed by atoms with Gasteiger partial charge in [-0.15, -0.1) is 0 Å². The number of aromatic hydroxyl groups is 2. The Kier molecular flexibility index (Phi) is 8.67. The normalized spacial score (nSPS) is 23.1. The fraction of sp³-hybridized carbons (Fsp3) is 0.429. The van der Waals surface area contributed by atoms with Crippen LogP contribution in [0.25, 0.3) is 0 Å². The molecule has 0 aromatic heterocycles. The van der Waals surface area contributed by atoms with E-state index in [2.05, 4.69) is 37.1 Å². The zero-order chi connectivity index (χ0) is 33.9. The van der Waals surface area contributed by atoms with Crippen LogP contribution in [-0.4, -0.2) is 86.1 Å². The van der Waals surface area contributed by atoms with E-state index >= 15 is 0 Å². The van der Waals surface area contributed by atoms with E-state index in [4.69, 9.17) is 18.9 Å². The smallest absolute Gasteiger partial charge is 0.251 e. The van der Waals surface area contributed by atoms with E-state index in [1.54, 1.807) is 38.5 Å². The summed E-state index contributed by atoms with van der Waals surface area (Å²) >= 11 is 3.42. The van der Waals surface area contributed by atoms with Crippen molar-refractivity contribution in [3.05, 3.63) is 67.7 Å². The number of fused-ring (bicyclic) bond motifs is 7. The van der Waals surface area contributed by atoms with Gasteiger partial charge in [-0.2, -0.15) is 5.26 Å². The predicted molar refractivity (Wildman–Crippen MR) is 178 cm³/mol. The fourth-order valence-electron chi connectivity index (χ4n) is 8.31. The molecule has 12 heteroatoms. The highest BCUT2D eigenvalue weighted by Crippen LogP contribution is 2.58. The van der Waals surface area contributed by atoms with Crippen molar-refractivity contribution in [1.29, 1.82) is 5.26 Å². The lowest BCUT2D eigenvalue weighted by Crippen LogP contribution is -2.68. The van der Waals surface area contributed by atoms with Gasteiger partial charge in [0, 0.05) is 62.0 Å². The molecule has 248 valence electrons. The van der Waals surface area contributed by atoms with Gasteiger partial charge in [-0.1, -0.05) is 15.9 Å². The van der Waals surface area contributed by atoms with E-state index in [1.807, 2.05) is 20.9 Å². The Morgan fingerprint density at radius 1 is 0.894 bits per heavy atom. The number of hydrogen-bond donors (Lipinski definition) is 3. The van der Waals surface area contributed by atoms with Gasteiger partial charge >= 0.3 is 0 Å². The first-order chi connectivity index (χ1) is 22.5. The van der Waals surface area contributed by atoms with Gasteiger partial charge in [0.2, 0.25) is 0 Å². The van der Waals surface area contributed by atoms with Crippen LogP contribution >= 0.6 is 15.9 Å². The number of nitriles is 1. The lowest BCUT2D eigenvalue weighted by Gasteiger charge is -2.60. The summed E-state index contributed by atoms with van der Waals surface area (Å²) in [6.07, 6.45) is 0.814. The van der Waals surface area contributed by atoms with Crippen molar-refractivity contribution in [3.63, 3.8) is 0 Å². The minimum absolute atomic E-state index is 0.0399. The molecule has 3 aromatic rings. The summed E-state index contributed by atoms with van der Waals surface area (Å²) in [5.41, 5.74) is 4.64. The molecule has 3 aromatic carbocycles. The number of ether oxygens (including phenoxy) is 4. The summed E-state index contributed by atoms with van der Waals surface area (Å²) in [6, 6.07) is 7.26. The molecule has 6 rings (SSSR count). The Balaban J connectivity index is 1.58. The van der Waals surface area contributed by atoms with E-state index < -0.39 is 18.1 Å². The second kappa shape index (κ2) is 12.4. The quantitative estimate of drug-likeness (QED) is 0.317. The molecule has 47 heavy (non-hydrogen) atoms. The summed E-state index contributed by atoms with van der Waals surface area (Å²) in [6.45, 7) is 3.77. The van der Waals surface area contributed by atoms with Crippen molar-refractivity contribution in [2.45, 2.75) is 56.9 Å². The highest BCUT2D eigenvalue weighted by Gasteiger charge is 2.57. The second-order valence-electron chi connectivity index (χ2n) is 12.3. The molecule has 2 bridgehead atoms. The van der Waals surface area contributed by atoms with Crippen molar-refractivity contribution >= 4 is 21.8 Å². The number of nitrogens with one attached hydrogen (secondary N) is 1. The van der Waals surface area contributed by atoms with Crippen molar-refractivity contribution in [2.24, 2.45) is 0 Å². The van der Waals surface area contributed by atoms with Crippen LogP contribution in [0.15, 0.2) is 28.7 Å². The second-order valence-corrected chi connectivity index (χ2v) is 13.2. The van der Waals surface area contributed by atoms with E-state index in [0.29, 0.717) is 57.9 Å². The van der Waals surface area contributed by atoms with Crippen LogP contribution in [0, 0.1) is 25.2 Å². The Morgan fingerprint density at radius 3 is 1.94 bits per heavy atom. The maximum absolute atomic E-state index is 13.4. The average Bonchev–Trinajstić information content (AvgIpc) is 3.05. The molecule has 0 spiro atoms. The molecule has 0 unspecified atom stereocenters. The molecule has 1 amide bonds. The summed E-state index contributed by atoms with van der Waals surface area (Å²) < 4.78 is 24.1. The molecular weight excluding hydrogens is 668 g/mol. The number of nitrogens with zero attached hydrogens (tertiary/aromatic N) is 3. The molecular formula is C35H39BrN4O7. The third-order valence-corrected chi connectivity index (χ3v) is 10.8. The van der Waals surface area contributed by atoms with Crippen LogP contribution in [0.5, 0.6) is 34.5 Å². The number of carbonyl (C=O) groups is 1. The first kappa shape index (κ1) is 32.7. The number of benzene rings is 3. The minimum atomic E-state index is -0.649. The summed E-state index contributed by atoms with van der Waals surface area (Å²) in [7, 11) is 8.17. The lowest BCUT2D eigenvalue weighted by molar-refractivity contribution is -0.0724. The topological polar surface area (TPSA) is 137 Å². The minimum Gasteiger partial charge on any atom is -0.504 e. The van der Waals surface area contributed by atoms with Crippen LogP contribution in [0.4, 0.5) is 0 Å². The molecule has 0 aliphatic carbocycles. The number of hydrogen-bond acceptors (Lipinski definition) is 10. The van der Waals surface area contributed by atoms with E-state index in [-0.39, 0.29) is 41.8 Å². The Morgan fingerprint density at radius 2 is 1.40 bits per heavy atom. The predicted octanol–water partition coefficient (Wildman–Crippen LogP) is 4.71. The number of carbonyl (C=O) groups excluding carboxylic acids is 1. The molecule has 3 aliphatic rings. The van der Waals surface area contributed by atoms with Crippen LogP contribution in [0.3, 0.4) is 0 Å². The highest BCUT2D eigenvalue weighted by molar-refractivity contribution is 9.10. The number of amides is 1. The van der Waals surface area contributed by atoms with Gasteiger partial charge in [0.15, 0.2) is 23.0 Å². The van der Waals surface area contributed by atoms with Crippen molar-refractivity contribution in [3.8, 4) is 40.6 Å². The number of rotatable bonds is 7. The summed E-state index contributed by atoms with van der Waals surface area (Å²) in [5, 5.41) is 37.5. The number of piperazine rings is 1. The first-order valence-electron chi connectivity index (χ1n) is 15.4. The fourth-order valence-corrected chi connectivity index (χ4v) is 8.57. The maximum atomic E-state index is 13.4. The Bertz CT molecular complexity index is 1790. The van der Waals surface area contributed by atoms with E-state index in [0.717, 1.165) is 15.6 Å². The van der Waals surface area contributed by atoms with Crippen LogP contribution < -0.4 is 24.3 Å². The average molecular weight is 708 g/mol. The SMILES string of the molecule is COc1c(C)c(OC)c2c(c1O)[C@@H]1[C@@H]3Cc4c(OC)c(C)c(OC)c(O)c4[C@H](CNC(=O)c4ccc(Br)cc4)N3[C@@H](C#N)[C@H](C2)N1C. The summed E-state index contributed by atoms with van der Waals surface area (Å²) in [4.78, 5) is 17.7. The van der Waals surface area contributed by atoms with Gasteiger partial charge in [0.1, 0.15) is 17.5 Å². The number of phenolic OH excluding ortho intramolecular Hbond substituents is 2. The third kappa shape index (κ3) is 4.86. The standard InChI is InChI=1S/C35H39BrN4O7/c1-16-31(44-4)20-13-23-28-27-21(32(45-5)17(2)34(47-7)30(27)42)12-22(39(28)3)24(14-37)40(23)25(26(20)29(41)33(16)46-6)15-38-35(43)18-8-10-19(36)11-9-18/h8-11,22-25,28,41-42H,12-13,15H2,1-7H3,(H,38,43)/t22-,23-,24-,25-,28-/m0/s1. The van der Waals surface area contributed by atoms with Gasteiger partial charge in [-0.25, -0.2) is 0 Å². The molecule has 11 nitrogen and oxygen atoms in total. The van der Waals surface area contributed by atoms with E-state index in [9.17, 15) is 20.3 Å². The largest absolute Gasteiger partial charge is 0.504 e. The number of halogens is 1. The van der Waals surface area contributed by atoms with Gasteiger partial charge in [0.05, 0.1) is 46.6 Å². The Labute approximate surface area is 282 Å². The number of methoxy groups -OCH3 is 4. The lowest BCUT2D eigenvalue weighted by atomic mass is 9.71. The monoisotopic (exact) mass is 706 g/mol. The molecule has 0 saturated carbocycles. The van der Waals surface area contributed by atoms with Gasteiger partial charge in [-0.3, -0.25) is 14.6 Å². The van der Waals surface area contributed by atoms with Crippen LogP contribution in [-0.2, 0) is 12.8 Å². The van der Waals surface area contributed by atoms with E-state index in [1.165, 1.54) is 14.2 Å².